The van der Waals surface area contributed by atoms with Gasteiger partial charge in [0, 0.05) is 18.8 Å². The number of halogens is 1. The van der Waals surface area contributed by atoms with Crippen LogP contribution in [0.2, 0.25) is 0 Å². The molecular weight excluding hydrogens is 281 g/mol. The number of anilines is 1. The number of benzene rings is 1. The third kappa shape index (κ3) is 2.43. The molecule has 22 heavy (non-hydrogen) atoms. The van der Waals surface area contributed by atoms with E-state index in [0.29, 0.717) is 12.4 Å². The quantitative estimate of drug-likeness (QED) is 0.850. The molecule has 1 aromatic heterocycles. The highest BCUT2D eigenvalue weighted by molar-refractivity contribution is 5.94. The van der Waals surface area contributed by atoms with E-state index in [4.69, 9.17) is 0 Å². The van der Waals surface area contributed by atoms with Gasteiger partial charge in [0.1, 0.15) is 11.6 Å². The minimum absolute atomic E-state index is 0.0593. The standard InChI is InChI=1S/C17H18FN3O/c1-17(2)11-21(16(22)20(17)3)15-8-7-13(10-19-15)12-5-4-6-14(18)9-12/h4-10H,11H2,1-3H3. The lowest BCUT2D eigenvalue weighted by molar-refractivity contribution is 0.198. The van der Waals surface area contributed by atoms with Crippen molar-refractivity contribution in [1.29, 1.82) is 0 Å². The van der Waals surface area contributed by atoms with E-state index < -0.39 is 0 Å². The Morgan fingerprint density at radius 1 is 1.18 bits per heavy atom. The molecule has 1 aromatic carbocycles. The molecule has 0 saturated carbocycles. The largest absolute Gasteiger partial charge is 0.325 e. The van der Waals surface area contributed by atoms with Gasteiger partial charge in [0.25, 0.3) is 0 Å². The zero-order valence-electron chi connectivity index (χ0n) is 12.9. The van der Waals surface area contributed by atoms with Crippen LogP contribution in [0.3, 0.4) is 0 Å². The predicted molar refractivity (Wildman–Crippen MR) is 84.2 cm³/mol. The smallest absolute Gasteiger partial charge is 0.320 e. The molecule has 0 atom stereocenters. The first-order chi connectivity index (χ1) is 10.4. The van der Waals surface area contributed by atoms with Crippen molar-refractivity contribution in [1.82, 2.24) is 9.88 Å². The van der Waals surface area contributed by atoms with Gasteiger partial charge in [-0.3, -0.25) is 4.90 Å². The summed E-state index contributed by atoms with van der Waals surface area (Å²) >= 11 is 0. The number of hydrogen-bond donors (Lipinski definition) is 0. The van der Waals surface area contributed by atoms with Crippen LogP contribution in [0, 0.1) is 5.82 Å². The van der Waals surface area contributed by atoms with E-state index in [1.807, 2.05) is 26.0 Å². The van der Waals surface area contributed by atoms with Crippen molar-refractivity contribution < 1.29 is 9.18 Å². The predicted octanol–water partition coefficient (Wildman–Crippen LogP) is 3.54. The highest BCUT2D eigenvalue weighted by Gasteiger charge is 2.41. The zero-order valence-corrected chi connectivity index (χ0v) is 12.9. The normalized spacial score (nSPS) is 17.2. The second-order valence-corrected chi connectivity index (χ2v) is 6.16. The van der Waals surface area contributed by atoms with Crippen molar-refractivity contribution in [2.24, 2.45) is 0 Å². The van der Waals surface area contributed by atoms with Crippen LogP contribution >= 0.6 is 0 Å². The van der Waals surface area contributed by atoms with Gasteiger partial charge in [0.05, 0.1) is 12.1 Å². The van der Waals surface area contributed by atoms with Gasteiger partial charge < -0.3 is 4.90 Å². The molecule has 0 N–H and O–H groups in total. The summed E-state index contributed by atoms with van der Waals surface area (Å²) in [6.45, 7) is 4.63. The number of urea groups is 1. The molecule has 0 radical (unpaired) electrons. The molecular formula is C17H18FN3O. The lowest BCUT2D eigenvalue weighted by Crippen LogP contribution is -2.38. The number of nitrogens with zero attached hydrogens (tertiary/aromatic N) is 3. The van der Waals surface area contributed by atoms with E-state index in [1.54, 1.807) is 35.2 Å². The Morgan fingerprint density at radius 2 is 1.95 bits per heavy atom. The summed E-state index contributed by atoms with van der Waals surface area (Å²) in [5, 5.41) is 0. The number of amides is 2. The van der Waals surface area contributed by atoms with Gasteiger partial charge in [-0.1, -0.05) is 12.1 Å². The SMILES string of the molecule is CN1C(=O)N(c2ccc(-c3cccc(F)c3)cn2)CC1(C)C. The average Bonchev–Trinajstić information content (AvgIpc) is 2.71. The molecule has 2 aromatic rings. The first-order valence-corrected chi connectivity index (χ1v) is 7.16. The third-order valence-electron chi connectivity index (χ3n) is 4.15. The molecule has 1 aliphatic heterocycles. The topological polar surface area (TPSA) is 36.4 Å². The van der Waals surface area contributed by atoms with Crippen LogP contribution in [0.1, 0.15) is 13.8 Å². The van der Waals surface area contributed by atoms with E-state index in [1.165, 1.54) is 12.1 Å². The Labute approximate surface area is 129 Å². The highest BCUT2D eigenvalue weighted by Crippen LogP contribution is 2.29. The Morgan fingerprint density at radius 3 is 2.50 bits per heavy atom. The number of likely N-dealkylation sites (N-methyl/N-ethyl adjacent to an activating group) is 1. The molecule has 1 fully saturated rings. The second kappa shape index (κ2) is 5.09. The second-order valence-electron chi connectivity index (χ2n) is 6.16. The first kappa shape index (κ1) is 14.5. The molecule has 0 bridgehead atoms. The fourth-order valence-corrected chi connectivity index (χ4v) is 2.56. The van der Waals surface area contributed by atoms with Crippen LogP contribution in [-0.4, -0.2) is 35.0 Å². The minimum Gasteiger partial charge on any atom is -0.320 e. The molecule has 0 aliphatic carbocycles. The van der Waals surface area contributed by atoms with Crippen LogP contribution in [0.5, 0.6) is 0 Å². The van der Waals surface area contributed by atoms with Crippen molar-refractivity contribution >= 4 is 11.8 Å². The maximum atomic E-state index is 13.3. The van der Waals surface area contributed by atoms with Crippen LogP contribution < -0.4 is 4.90 Å². The molecule has 1 aliphatic rings. The monoisotopic (exact) mass is 299 g/mol. The van der Waals surface area contributed by atoms with Crippen molar-refractivity contribution in [3.63, 3.8) is 0 Å². The van der Waals surface area contributed by atoms with E-state index in [0.717, 1.165) is 11.1 Å². The molecule has 2 amide bonds. The summed E-state index contributed by atoms with van der Waals surface area (Å²) in [5.41, 5.74) is 1.37. The Kier molecular flexibility index (Phi) is 3.35. The Balaban J connectivity index is 1.88. The van der Waals surface area contributed by atoms with Crippen molar-refractivity contribution in [2.75, 3.05) is 18.5 Å². The Hall–Kier alpha value is -2.43. The number of aromatic nitrogens is 1. The van der Waals surface area contributed by atoms with Crippen LogP contribution in [-0.2, 0) is 0 Å². The van der Waals surface area contributed by atoms with Crippen molar-refractivity contribution in [3.8, 4) is 11.1 Å². The summed E-state index contributed by atoms with van der Waals surface area (Å²) < 4.78 is 13.3. The summed E-state index contributed by atoms with van der Waals surface area (Å²) in [6.07, 6.45) is 1.67. The van der Waals surface area contributed by atoms with Gasteiger partial charge in [-0.05, 0) is 43.7 Å². The molecule has 0 spiro atoms. The first-order valence-electron chi connectivity index (χ1n) is 7.16. The van der Waals surface area contributed by atoms with Gasteiger partial charge in [0.2, 0.25) is 0 Å². The van der Waals surface area contributed by atoms with E-state index in [2.05, 4.69) is 4.98 Å². The van der Waals surface area contributed by atoms with Gasteiger partial charge >= 0.3 is 6.03 Å². The van der Waals surface area contributed by atoms with Crippen LogP contribution in [0.4, 0.5) is 15.0 Å². The number of pyridine rings is 1. The van der Waals surface area contributed by atoms with Gasteiger partial charge in [-0.15, -0.1) is 0 Å². The lowest BCUT2D eigenvalue weighted by atomic mass is 10.1. The fourth-order valence-electron chi connectivity index (χ4n) is 2.56. The minimum atomic E-state index is -0.278. The summed E-state index contributed by atoms with van der Waals surface area (Å²) in [4.78, 5) is 20.0. The van der Waals surface area contributed by atoms with Crippen molar-refractivity contribution in [3.05, 3.63) is 48.4 Å². The summed E-state index contributed by atoms with van der Waals surface area (Å²) in [5.74, 6) is 0.335. The molecule has 5 heteroatoms. The maximum Gasteiger partial charge on any atom is 0.325 e. The Bertz CT molecular complexity index is 712. The van der Waals surface area contributed by atoms with Crippen molar-refractivity contribution in [2.45, 2.75) is 19.4 Å². The molecule has 3 rings (SSSR count). The van der Waals surface area contributed by atoms with Gasteiger partial charge in [-0.2, -0.15) is 0 Å². The van der Waals surface area contributed by atoms with Gasteiger partial charge in [0.15, 0.2) is 0 Å². The number of hydrogen-bond acceptors (Lipinski definition) is 2. The van der Waals surface area contributed by atoms with Crippen LogP contribution in [0.25, 0.3) is 11.1 Å². The van der Waals surface area contributed by atoms with E-state index >= 15 is 0 Å². The lowest BCUT2D eigenvalue weighted by Gasteiger charge is -2.24. The average molecular weight is 299 g/mol. The number of carbonyl (C=O) groups excluding carboxylic acids is 1. The molecule has 0 unspecified atom stereocenters. The fraction of sp³-hybridized carbons (Fsp3) is 0.294. The molecule has 2 heterocycles. The summed E-state index contributed by atoms with van der Waals surface area (Å²) in [6, 6.07) is 9.97. The third-order valence-corrected chi connectivity index (χ3v) is 4.15. The number of carbonyl (C=O) groups is 1. The van der Waals surface area contributed by atoms with E-state index in [9.17, 15) is 9.18 Å². The number of rotatable bonds is 2. The summed E-state index contributed by atoms with van der Waals surface area (Å²) in [7, 11) is 1.80. The van der Waals surface area contributed by atoms with Gasteiger partial charge in [-0.25, -0.2) is 14.2 Å². The molecule has 4 nitrogen and oxygen atoms in total. The molecule has 1 saturated heterocycles. The zero-order chi connectivity index (χ0) is 15.9. The maximum absolute atomic E-state index is 13.3. The highest BCUT2D eigenvalue weighted by atomic mass is 19.1. The van der Waals surface area contributed by atoms with Crippen LogP contribution in [0.15, 0.2) is 42.6 Å². The molecule has 114 valence electrons. The van der Waals surface area contributed by atoms with E-state index in [-0.39, 0.29) is 17.4 Å².